The average molecular weight is 364 g/mol. The van der Waals surface area contributed by atoms with Crippen molar-refractivity contribution in [3.8, 4) is 0 Å². The van der Waals surface area contributed by atoms with E-state index >= 15 is 0 Å². The topological polar surface area (TPSA) is 97.6 Å². The van der Waals surface area contributed by atoms with E-state index in [2.05, 4.69) is 15.5 Å². The molecule has 9 heteroatoms. The molecule has 2 aliphatic rings. The van der Waals surface area contributed by atoms with Gasteiger partial charge in [-0.05, 0) is 25.0 Å². The van der Waals surface area contributed by atoms with E-state index in [1.54, 1.807) is 30.3 Å². The van der Waals surface area contributed by atoms with Crippen LogP contribution in [0.1, 0.15) is 36.6 Å². The van der Waals surface area contributed by atoms with Gasteiger partial charge in [0.15, 0.2) is 5.82 Å². The third-order valence-electron chi connectivity index (χ3n) is 4.53. The fourth-order valence-electron chi connectivity index (χ4n) is 3.26. The number of sulfonamides is 1. The molecule has 25 heavy (non-hydrogen) atoms. The molecule has 134 valence electrons. The fraction of sp³-hybridized carbons (Fsp3) is 0.500. The minimum Gasteiger partial charge on any atom is -0.378 e. The molecule has 2 unspecified atom stereocenters. The van der Waals surface area contributed by atoms with Crippen molar-refractivity contribution in [1.29, 1.82) is 0 Å². The minimum absolute atomic E-state index is 0.119. The van der Waals surface area contributed by atoms with Gasteiger partial charge in [-0.3, -0.25) is 0 Å². The molecule has 2 saturated heterocycles. The predicted molar refractivity (Wildman–Crippen MR) is 88.2 cm³/mol. The monoisotopic (exact) mass is 364 g/mol. The van der Waals surface area contributed by atoms with Crippen molar-refractivity contribution in [2.45, 2.75) is 29.8 Å². The predicted octanol–water partition coefficient (Wildman–Crippen LogP) is 1.26. The number of aromatic nitrogens is 2. The summed E-state index contributed by atoms with van der Waals surface area (Å²) in [7, 11) is -3.59. The first-order chi connectivity index (χ1) is 12.2. The zero-order valence-corrected chi connectivity index (χ0v) is 14.5. The van der Waals surface area contributed by atoms with Crippen molar-refractivity contribution in [2.24, 2.45) is 0 Å². The smallest absolute Gasteiger partial charge is 0.245 e. The molecule has 2 aromatic rings. The molecule has 3 heterocycles. The van der Waals surface area contributed by atoms with Gasteiger partial charge in [0.25, 0.3) is 0 Å². The highest BCUT2D eigenvalue weighted by Gasteiger charge is 2.39. The van der Waals surface area contributed by atoms with Gasteiger partial charge in [-0.25, -0.2) is 8.42 Å². The van der Waals surface area contributed by atoms with Crippen LogP contribution in [0.5, 0.6) is 0 Å². The standard InChI is InChI=1S/C16H20N4O4S/c21-25(22,12-5-2-1-3-6-12)20-9-4-7-14(20)16-18-15(19-24-16)13-11-23-10-8-17-13/h1-3,5-6,13-14,17H,4,7-11H2. The van der Waals surface area contributed by atoms with Gasteiger partial charge >= 0.3 is 0 Å². The van der Waals surface area contributed by atoms with E-state index in [0.717, 1.165) is 13.0 Å². The molecule has 2 aliphatic heterocycles. The Hall–Kier alpha value is -1.81. The van der Waals surface area contributed by atoms with Crippen molar-refractivity contribution >= 4 is 10.0 Å². The van der Waals surface area contributed by atoms with Crippen LogP contribution in [0.4, 0.5) is 0 Å². The first-order valence-corrected chi connectivity index (χ1v) is 9.82. The van der Waals surface area contributed by atoms with Crippen LogP contribution in [0.2, 0.25) is 0 Å². The molecular weight excluding hydrogens is 344 g/mol. The van der Waals surface area contributed by atoms with Crippen LogP contribution in [0.15, 0.2) is 39.8 Å². The lowest BCUT2D eigenvalue weighted by Crippen LogP contribution is -2.35. The van der Waals surface area contributed by atoms with E-state index in [9.17, 15) is 8.42 Å². The molecule has 4 rings (SSSR count). The van der Waals surface area contributed by atoms with E-state index in [4.69, 9.17) is 9.26 Å². The Morgan fingerprint density at radius 2 is 2.08 bits per heavy atom. The number of hydrogen-bond acceptors (Lipinski definition) is 7. The number of morpholine rings is 1. The van der Waals surface area contributed by atoms with Gasteiger partial charge in [0, 0.05) is 13.1 Å². The summed E-state index contributed by atoms with van der Waals surface area (Å²) in [4.78, 5) is 4.73. The van der Waals surface area contributed by atoms with Crippen LogP contribution in [0.3, 0.4) is 0 Å². The first kappa shape index (κ1) is 16.6. The lowest BCUT2D eigenvalue weighted by molar-refractivity contribution is 0.0734. The maximum Gasteiger partial charge on any atom is 0.245 e. The van der Waals surface area contributed by atoms with Crippen molar-refractivity contribution < 1.29 is 17.7 Å². The summed E-state index contributed by atoms with van der Waals surface area (Å²) in [5.74, 6) is 0.859. The molecular formula is C16H20N4O4S. The quantitative estimate of drug-likeness (QED) is 0.872. The van der Waals surface area contributed by atoms with E-state index in [1.165, 1.54) is 4.31 Å². The van der Waals surface area contributed by atoms with Crippen LogP contribution in [-0.4, -0.2) is 49.2 Å². The maximum atomic E-state index is 12.9. The highest BCUT2D eigenvalue weighted by atomic mass is 32.2. The molecule has 1 N–H and O–H groups in total. The van der Waals surface area contributed by atoms with Gasteiger partial charge in [-0.15, -0.1) is 0 Å². The van der Waals surface area contributed by atoms with Gasteiger partial charge in [0.1, 0.15) is 6.04 Å². The number of ether oxygens (including phenoxy) is 1. The molecule has 2 fully saturated rings. The third-order valence-corrected chi connectivity index (χ3v) is 6.45. The Morgan fingerprint density at radius 3 is 2.84 bits per heavy atom. The summed E-state index contributed by atoms with van der Waals surface area (Å²) in [6.07, 6.45) is 1.43. The molecule has 2 atom stereocenters. The van der Waals surface area contributed by atoms with Crippen molar-refractivity contribution in [3.05, 3.63) is 42.0 Å². The molecule has 0 amide bonds. The fourth-order valence-corrected chi connectivity index (χ4v) is 4.93. The number of benzene rings is 1. The summed E-state index contributed by atoms with van der Waals surface area (Å²) >= 11 is 0. The number of nitrogens with zero attached hydrogens (tertiary/aromatic N) is 3. The second-order valence-electron chi connectivity index (χ2n) is 6.16. The first-order valence-electron chi connectivity index (χ1n) is 8.38. The lowest BCUT2D eigenvalue weighted by atomic mass is 10.2. The minimum atomic E-state index is -3.59. The summed E-state index contributed by atoms with van der Waals surface area (Å²) in [5.41, 5.74) is 0. The van der Waals surface area contributed by atoms with Crippen molar-refractivity contribution in [3.63, 3.8) is 0 Å². The van der Waals surface area contributed by atoms with Crippen LogP contribution in [0, 0.1) is 0 Å². The molecule has 0 saturated carbocycles. The molecule has 0 aliphatic carbocycles. The van der Waals surface area contributed by atoms with E-state index in [0.29, 0.717) is 37.9 Å². The zero-order chi connectivity index (χ0) is 17.3. The molecule has 0 radical (unpaired) electrons. The number of rotatable bonds is 4. The summed E-state index contributed by atoms with van der Waals surface area (Å²) in [5, 5.41) is 7.29. The van der Waals surface area contributed by atoms with Crippen LogP contribution >= 0.6 is 0 Å². The maximum absolute atomic E-state index is 12.9. The Morgan fingerprint density at radius 1 is 1.24 bits per heavy atom. The molecule has 0 bridgehead atoms. The zero-order valence-electron chi connectivity index (χ0n) is 13.7. The van der Waals surface area contributed by atoms with Crippen LogP contribution in [-0.2, 0) is 14.8 Å². The summed E-state index contributed by atoms with van der Waals surface area (Å²) in [6, 6.07) is 7.90. The molecule has 0 spiro atoms. The van der Waals surface area contributed by atoms with E-state index in [-0.39, 0.29) is 10.9 Å². The van der Waals surface area contributed by atoms with Gasteiger partial charge in [0.05, 0.1) is 24.2 Å². The molecule has 1 aromatic heterocycles. The second kappa shape index (κ2) is 6.83. The largest absolute Gasteiger partial charge is 0.378 e. The summed E-state index contributed by atoms with van der Waals surface area (Å²) in [6.45, 7) is 2.32. The third kappa shape index (κ3) is 3.20. The van der Waals surface area contributed by atoms with Crippen LogP contribution in [0.25, 0.3) is 0 Å². The number of nitrogens with one attached hydrogen (secondary N) is 1. The molecule has 1 aromatic carbocycles. The van der Waals surface area contributed by atoms with E-state index < -0.39 is 16.1 Å². The number of hydrogen-bond donors (Lipinski definition) is 1. The Balaban J connectivity index is 1.59. The Labute approximate surface area is 146 Å². The van der Waals surface area contributed by atoms with Gasteiger partial charge < -0.3 is 14.6 Å². The summed E-state index contributed by atoms with van der Waals surface area (Å²) < 4.78 is 38.1. The second-order valence-corrected chi connectivity index (χ2v) is 8.05. The van der Waals surface area contributed by atoms with Gasteiger partial charge in [-0.2, -0.15) is 9.29 Å². The highest BCUT2D eigenvalue weighted by Crippen LogP contribution is 2.36. The Kier molecular flexibility index (Phi) is 4.55. The molecule has 8 nitrogen and oxygen atoms in total. The van der Waals surface area contributed by atoms with Gasteiger partial charge in [0.2, 0.25) is 15.9 Å². The van der Waals surface area contributed by atoms with Crippen molar-refractivity contribution in [1.82, 2.24) is 19.8 Å². The van der Waals surface area contributed by atoms with Crippen molar-refractivity contribution in [2.75, 3.05) is 26.3 Å². The van der Waals surface area contributed by atoms with Crippen LogP contribution < -0.4 is 5.32 Å². The normalized spacial score (nSPS) is 25.3. The highest BCUT2D eigenvalue weighted by molar-refractivity contribution is 7.89. The van der Waals surface area contributed by atoms with Gasteiger partial charge in [-0.1, -0.05) is 23.4 Å². The Bertz CT molecular complexity index is 818. The average Bonchev–Trinajstić information content (AvgIpc) is 3.33. The lowest BCUT2D eigenvalue weighted by Gasteiger charge is -2.22. The SMILES string of the molecule is O=S(=O)(c1ccccc1)N1CCCC1c1nc(C2COCCN2)no1. The van der Waals surface area contributed by atoms with E-state index in [1.807, 2.05) is 0 Å².